The van der Waals surface area contributed by atoms with Crippen LogP contribution in [0.1, 0.15) is 18.4 Å². The van der Waals surface area contributed by atoms with E-state index >= 15 is 0 Å². The van der Waals surface area contributed by atoms with Crippen molar-refractivity contribution in [3.63, 3.8) is 0 Å². The standard InChI is InChI=1S/C17H24N2O2/c1-18-9-7-17(8-10-18)13-19(12-15(17)16(20)21)11-14-5-3-2-4-6-14/h2-6,15H,7-13H2,1H3,(H,20,21)/t15-/m1/s1. The molecular weight excluding hydrogens is 264 g/mol. The van der Waals surface area contributed by atoms with E-state index in [0.717, 1.165) is 39.0 Å². The topological polar surface area (TPSA) is 43.8 Å². The van der Waals surface area contributed by atoms with Gasteiger partial charge in [0.15, 0.2) is 0 Å². The van der Waals surface area contributed by atoms with E-state index in [1.54, 1.807) is 0 Å². The van der Waals surface area contributed by atoms with Crippen molar-refractivity contribution in [1.29, 1.82) is 0 Å². The fourth-order valence-electron chi connectivity index (χ4n) is 3.94. The third-order valence-corrected chi connectivity index (χ3v) is 5.25. The number of hydrogen-bond donors (Lipinski definition) is 1. The van der Waals surface area contributed by atoms with Crippen LogP contribution in [0.5, 0.6) is 0 Å². The summed E-state index contributed by atoms with van der Waals surface area (Å²) in [7, 11) is 2.12. The molecule has 2 aliphatic rings. The lowest BCUT2D eigenvalue weighted by atomic mass is 9.71. The molecule has 0 aliphatic carbocycles. The van der Waals surface area contributed by atoms with E-state index in [0.29, 0.717) is 6.54 Å². The number of nitrogens with zero attached hydrogens (tertiary/aromatic N) is 2. The van der Waals surface area contributed by atoms with Crippen molar-refractivity contribution in [1.82, 2.24) is 9.80 Å². The molecule has 1 spiro atoms. The highest BCUT2D eigenvalue weighted by Gasteiger charge is 2.50. The van der Waals surface area contributed by atoms with Crippen LogP contribution < -0.4 is 0 Å². The van der Waals surface area contributed by atoms with Crippen LogP contribution in [0.15, 0.2) is 30.3 Å². The van der Waals surface area contributed by atoms with Crippen molar-refractivity contribution in [2.45, 2.75) is 19.4 Å². The van der Waals surface area contributed by atoms with Gasteiger partial charge in [-0.1, -0.05) is 30.3 Å². The molecule has 2 heterocycles. The van der Waals surface area contributed by atoms with Crippen molar-refractivity contribution in [2.24, 2.45) is 11.3 Å². The molecule has 1 aromatic carbocycles. The predicted octanol–water partition coefficient (Wildman–Crippen LogP) is 1.91. The molecule has 0 bridgehead atoms. The Labute approximate surface area is 126 Å². The fraction of sp³-hybridized carbons (Fsp3) is 0.588. The molecule has 0 amide bonds. The molecule has 2 aliphatic heterocycles. The second-order valence-corrected chi connectivity index (χ2v) is 6.71. The fourth-order valence-corrected chi connectivity index (χ4v) is 3.94. The molecule has 0 unspecified atom stereocenters. The molecule has 2 fully saturated rings. The number of rotatable bonds is 3. The van der Waals surface area contributed by atoms with E-state index in [2.05, 4.69) is 29.0 Å². The summed E-state index contributed by atoms with van der Waals surface area (Å²) in [4.78, 5) is 16.4. The van der Waals surface area contributed by atoms with Crippen LogP contribution in [0.2, 0.25) is 0 Å². The summed E-state index contributed by atoms with van der Waals surface area (Å²) in [5, 5.41) is 9.64. The largest absolute Gasteiger partial charge is 0.481 e. The van der Waals surface area contributed by atoms with Gasteiger partial charge in [0, 0.05) is 25.0 Å². The van der Waals surface area contributed by atoms with Crippen LogP contribution in [0.25, 0.3) is 0 Å². The molecule has 21 heavy (non-hydrogen) atoms. The summed E-state index contributed by atoms with van der Waals surface area (Å²) in [6, 6.07) is 10.4. The Morgan fingerprint density at radius 2 is 1.95 bits per heavy atom. The SMILES string of the molecule is CN1CCC2(CC1)CN(Cc1ccccc1)C[C@@H]2C(=O)O. The smallest absolute Gasteiger partial charge is 0.308 e. The molecule has 2 saturated heterocycles. The van der Waals surface area contributed by atoms with Crippen LogP contribution in [0, 0.1) is 11.3 Å². The summed E-state index contributed by atoms with van der Waals surface area (Å²) >= 11 is 0. The first kappa shape index (κ1) is 14.5. The maximum Gasteiger partial charge on any atom is 0.308 e. The van der Waals surface area contributed by atoms with Gasteiger partial charge in [-0.3, -0.25) is 9.69 Å². The maximum atomic E-state index is 11.7. The lowest BCUT2D eigenvalue weighted by Crippen LogP contribution is -2.44. The second kappa shape index (κ2) is 5.78. The van der Waals surface area contributed by atoms with Crippen molar-refractivity contribution < 1.29 is 9.90 Å². The van der Waals surface area contributed by atoms with Crippen LogP contribution in [0.4, 0.5) is 0 Å². The molecule has 0 saturated carbocycles. The monoisotopic (exact) mass is 288 g/mol. The molecule has 1 N–H and O–H groups in total. The van der Waals surface area contributed by atoms with Crippen molar-refractivity contribution in [2.75, 3.05) is 33.2 Å². The number of benzene rings is 1. The molecule has 1 aromatic rings. The number of likely N-dealkylation sites (tertiary alicyclic amines) is 2. The van der Waals surface area contributed by atoms with Crippen molar-refractivity contribution >= 4 is 5.97 Å². The number of carbonyl (C=O) groups is 1. The molecule has 4 heteroatoms. The number of piperidine rings is 1. The van der Waals surface area contributed by atoms with Gasteiger partial charge in [0.05, 0.1) is 5.92 Å². The lowest BCUT2D eigenvalue weighted by Gasteiger charge is -2.40. The Morgan fingerprint density at radius 3 is 2.57 bits per heavy atom. The van der Waals surface area contributed by atoms with Gasteiger partial charge in [0.25, 0.3) is 0 Å². The number of hydrogen-bond acceptors (Lipinski definition) is 3. The zero-order chi connectivity index (χ0) is 14.9. The first-order valence-corrected chi connectivity index (χ1v) is 7.77. The summed E-state index contributed by atoms with van der Waals surface area (Å²) in [6.07, 6.45) is 2.01. The Kier molecular flexibility index (Phi) is 4.00. The molecule has 3 rings (SSSR count). The molecule has 4 nitrogen and oxygen atoms in total. The molecule has 0 aromatic heterocycles. The van der Waals surface area contributed by atoms with Crippen LogP contribution in [-0.2, 0) is 11.3 Å². The highest BCUT2D eigenvalue weighted by Crippen LogP contribution is 2.45. The summed E-state index contributed by atoms with van der Waals surface area (Å²) in [6.45, 7) is 4.51. The highest BCUT2D eigenvalue weighted by molar-refractivity contribution is 5.72. The van der Waals surface area contributed by atoms with Gasteiger partial charge in [-0.25, -0.2) is 0 Å². The van der Waals surface area contributed by atoms with E-state index in [1.165, 1.54) is 5.56 Å². The van der Waals surface area contributed by atoms with Gasteiger partial charge in [0.1, 0.15) is 0 Å². The van der Waals surface area contributed by atoms with E-state index in [4.69, 9.17) is 0 Å². The first-order valence-electron chi connectivity index (χ1n) is 7.77. The minimum atomic E-state index is -0.616. The Balaban J connectivity index is 1.74. The highest BCUT2D eigenvalue weighted by atomic mass is 16.4. The number of aliphatic carboxylic acids is 1. The van der Waals surface area contributed by atoms with E-state index in [9.17, 15) is 9.90 Å². The zero-order valence-corrected chi connectivity index (χ0v) is 12.7. The average molecular weight is 288 g/mol. The Bertz CT molecular complexity index is 495. The quantitative estimate of drug-likeness (QED) is 0.923. The zero-order valence-electron chi connectivity index (χ0n) is 12.7. The molecule has 1 atom stereocenters. The molecular formula is C17H24N2O2. The van der Waals surface area contributed by atoms with Gasteiger partial charge in [-0.15, -0.1) is 0 Å². The minimum absolute atomic E-state index is 0.0207. The number of carboxylic acids is 1. The van der Waals surface area contributed by atoms with E-state index in [1.807, 2.05) is 18.2 Å². The lowest BCUT2D eigenvalue weighted by molar-refractivity contribution is -0.145. The van der Waals surface area contributed by atoms with Crippen LogP contribution >= 0.6 is 0 Å². The minimum Gasteiger partial charge on any atom is -0.481 e. The van der Waals surface area contributed by atoms with E-state index in [-0.39, 0.29) is 11.3 Å². The van der Waals surface area contributed by atoms with Gasteiger partial charge in [0.2, 0.25) is 0 Å². The van der Waals surface area contributed by atoms with Crippen LogP contribution in [-0.4, -0.2) is 54.1 Å². The predicted molar refractivity (Wildman–Crippen MR) is 82.0 cm³/mol. The van der Waals surface area contributed by atoms with Gasteiger partial charge < -0.3 is 10.0 Å². The van der Waals surface area contributed by atoms with Crippen molar-refractivity contribution in [3.05, 3.63) is 35.9 Å². The van der Waals surface area contributed by atoms with Crippen molar-refractivity contribution in [3.8, 4) is 0 Å². The summed E-state index contributed by atoms with van der Waals surface area (Å²) in [5.74, 6) is -0.829. The third-order valence-electron chi connectivity index (χ3n) is 5.25. The Morgan fingerprint density at radius 1 is 1.29 bits per heavy atom. The van der Waals surface area contributed by atoms with Gasteiger partial charge >= 0.3 is 5.97 Å². The third kappa shape index (κ3) is 2.97. The maximum absolute atomic E-state index is 11.7. The van der Waals surface area contributed by atoms with E-state index < -0.39 is 5.97 Å². The average Bonchev–Trinajstić information content (AvgIpc) is 2.82. The van der Waals surface area contributed by atoms with Gasteiger partial charge in [-0.05, 0) is 38.5 Å². The normalized spacial score (nSPS) is 26.2. The van der Waals surface area contributed by atoms with Gasteiger partial charge in [-0.2, -0.15) is 0 Å². The second-order valence-electron chi connectivity index (χ2n) is 6.71. The summed E-state index contributed by atoms with van der Waals surface area (Å²) in [5.41, 5.74) is 1.25. The van der Waals surface area contributed by atoms with Crippen LogP contribution in [0.3, 0.4) is 0 Å². The summed E-state index contributed by atoms with van der Waals surface area (Å²) < 4.78 is 0. The first-order chi connectivity index (χ1) is 10.1. The Hall–Kier alpha value is -1.39. The number of carboxylic acid groups (broad SMARTS) is 1. The molecule has 114 valence electrons. The molecule has 0 radical (unpaired) electrons.